The van der Waals surface area contributed by atoms with Crippen LogP contribution in [0.1, 0.15) is 19.4 Å². The van der Waals surface area contributed by atoms with Crippen LogP contribution in [-0.2, 0) is 9.59 Å². The molecule has 0 bridgehead atoms. The Labute approximate surface area is 221 Å². The lowest BCUT2D eigenvalue weighted by atomic mass is 10.2. The number of aryl methyl sites for hydroxylation is 1. The number of carbonyl (C=O) groups excluding carboxylic acids is 1. The van der Waals surface area contributed by atoms with E-state index in [-0.39, 0.29) is 19.0 Å². The van der Waals surface area contributed by atoms with E-state index in [9.17, 15) is 4.79 Å². The van der Waals surface area contributed by atoms with Gasteiger partial charge in [0.1, 0.15) is 17.4 Å². The minimum Gasteiger partial charge on any atom is -0.483 e. The number of anilines is 6. The smallest absolute Gasteiger partial charge is 0.290 e. The van der Waals surface area contributed by atoms with Crippen LogP contribution in [0.25, 0.3) is 0 Å². The molecule has 1 aromatic carbocycles. The van der Waals surface area contributed by atoms with Gasteiger partial charge in [-0.05, 0) is 51.1 Å². The van der Waals surface area contributed by atoms with Crippen molar-refractivity contribution in [3.8, 4) is 5.75 Å². The molecule has 0 saturated carbocycles. The lowest BCUT2D eigenvalue weighted by molar-refractivity contribution is -0.123. The minimum atomic E-state index is -0.250. The maximum atomic E-state index is 11.6. The number of nitrogens with one attached hydrogen (secondary N) is 3. The van der Waals surface area contributed by atoms with E-state index in [2.05, 4.69) is 54.5 Å². The number of amides is 1. The molecule has 4 N–H and O–H groups in total. The molecule has 38 heavy (non-hydrogen) atoms. The van der Waals surface area contributed by atoms with E-state index in [1.165, 1.54) is 0 Å². The summed E-state index contributed by atoms with van der Waals surface area (Å²) in [6.45, 7) is 10.3. The highest BCUT2D eigenvalue weighted by Crippen LogP contribution is 2.32. The van der Waals surface area contributed by atoms with Crippen LogP contribution in [0.4, 0.5) is 34.6 Å². The fourth-order valence-electron chi connectivity index (χ4n) is 4.17. The third-order valence-corrected chi connectivity index (χ3v) is 6.22. The predicted molar refractivity (Wildman–Crippen MR) is 146 cm³/mol. The van der Waals surface area contributed by atoms with E-state index < -0.39 is 0 Å². The van der Waals surface area contributed by atoms with Crippen molar-refractivity contribution in [1.29, 1.82) is 0 Å². The summed E-state index contributed by atoms with van der Waals surface area (Å²) in [5.74, 6) is 2.59. The van der Waals surface area contributed by atoms with Crippen LogP contribution in [0.5, 0.6) is 5.75 Å². The zero-order valence-electron chi connectivity index (χ0n) is 21.6. The number of pyridine rings is 1. The largest absolute Gasteiger partial charge is 0.483 e. The van der Waals surface area contributed by atoms with Gasteiger partial charge >= 0.3 is 0 Å². The molecule has 0 radical (unpaired) electrons. The van der Waals surface area contributed by atoms with Crippen LogP contribution in [0.15, 0.2) is 42.7 Å². The van der Waals surface area contributed by atoms with Crippen LogP contribution in [0, 0.1) is 6.92 Å². The van der Waals surface area contributed by atoms with E-state index in [1.54, 1.807) is 6.20 Å². The second-order valence-corrected chi connectivity index (χ2v) is 9.15. The molecule has 2 aromatic heterocycles. The highest BCUT2D eigenvalue weighted by Gasteiger charge is 2.20. The molecule has 0 spiro atoms. The van der Waals surface area contributed by atoms with Crippen molar-refractivity contribution in [2.24, 2.45) is 0 Å². The van der Waals surface area contributed by atoms with Gasteiger partial charge < -0.3 is 30.7 Å². The number of aromatic nitrogens is 3. The number of hydrogen-bond donors (Lipinski definition) is 4. The summed E-state index contributed by atoms with van der Waals surface area (Å²) in [6, 6.07) is 10.1. The van der Waals surface area contributed by atoms with E-state index in [0.717, 1.165) is 48.9 Å². The molecular formula is C26H32N8O4. The van der Waals surface area contributed by atoms with Crippen LogP contribution >= 0.6 is 0 Å². The monoisotopic (exact) mass is 520 g/mol. The molecule has 4 heterocycles. The van der Waals surface area contributed by atoms with Crippen molar-refractivity contribution in [3.63, 3.8) is 0 Å². The van der Waals surface area contributed by atoms with Crippen LogP contribution in [-0.4, -0.2) is 76.2 Å². The normalized spacial score (nSPS) is 14.9. The van der Waals surface area contributed by atoms with Gasteiger partial charge in [-0.3, -0.25) is 14.5 Å². The topological polar surface area (TPSA) is 145 Å². The van der Waals surface area contributed by atoms with Gasteiger partial charge in [0, 0.05) is 49.7 Å². The van der Waals surface area contributed by atoms with Crippen molar-refractivity contribution in [2.45, 2.75) is 26.8 Å². The van der Waals surface area contributed by atoms with Crippen molar-refractivity contribution in [1.82, 2.24) is 19.9 Å². The van der Waals surface area contributed by atoms with E-state index in [1.807, 2.05) is 43.5 Å². The summed E-state index contributed by atoms with van der Waals surface area (Å²) in [7, 11) is 0. The highest BCUT2D eigenvalue weighted by atomic mass is 16.5. The average molecular weight is 521 g/mol. The third-order valence-electron chi connectivity index (χ3n) is 6.22. The lowest BCUT2D eigenvalue weighted by Gasteiger charge is -2.37. The molecule has 1 saturated heterocycles. The molecule has 12 nitrogen and oxygen atoms in total. The molecule has 0 unspecified atom stereocenters. The lowest BCUT2D eigenvalue weighted by Crippen LogP contribution is -2.49. The molecule has 2 aliphatic rings. The predicted octanol–water partition coefficient (Wildman–Crippen LogP) is 3.23. The van der Waals surface area contributed by atoms with Crippen molar-refractivity contribution < 1.29 is 19.4 Å². The number of benzene rings is 1. The number of hydrogen-bond acceptors (Lipinski definition) is 10. The first kappa shape index (κ1) is 26.6. The maximum absolute atomic E-state index is 11.6. The molecule has 1 fully saturated rings. The minimum absolute atomic E-state index is 0.0322. The fourth-order valence-corrected chi connectivity index (χ4v) is 4.17. The Morgan fingerprint density at radius 1 is 1.05 bits per heavy atom. The molecule has 1 amide bonds. The summed E-state index contributed by atoms with van der Waals surface area (Å²) in [4.78, 5) is 38.5. The van der Waals surface area contributed by atoms with Crippen LogP contribution in [0.2, 0.25) is 0 Å². The number of carboxylic acid groups (broad SMARTS) is 1. The summed E-state index contributed by atoms with van der Waals surface area (Å²) < 4.78 is 5.42. The Hall–Kier alpha value is -4.45. The Morgan fingerprint density at radius 2 is 1.79 bits per heavy atom. The van der Waals surface area contributed by atoms with Crippen molar-refractivity contribution >= 4 is 47.0 Å². The van der Waals surface area contributed by atoms with Gasteiger partial charge in [-0.15, -0.1) is 0 Å². The second kappa shape index (κ2) is 12.2. The molecule has 2 aliphatic heterocycles. The average Bonchev–Trinajstić information content (AvgIpc) is 2.91. The maximum Gasteiger partial charge on any atom is 0.290 e. The molecule has 5 rings (SSSR count). The zero-order valence-corrected chi connectivity index (χ0v) is 21.6. The Balaban J connectivity index is 0.00000107. The first-order valence-electron chi connectivity index (χ1n) is 12.3. The zero-order chi connectivity index (χ0) is 27.1. The summed E-state index contributed by atoms with van der Waals surface area (Å²) in [5.41, 5.74) is 3.12. The number of piperazine rings is 1. The first-order chi connectivity index (χ1) is 18.4. The first-order valence-corrected chi connectivity index (χ1v) is 12.3. The number of carbonyl (C=O) groups is 2. The summed E-state index contributed by atoms with van der Waals surface area (Å²) in [5, 5.41) is 16.2. The van der Waals surface area contributed by atoms with E-state index >= 15 is 0 Å². The molecular weight excluding hydrogens is 488 g/mol. The molecule has 3 aromatic rings. The van der Waals surface area contributed by atoms with Gasteiger partial charge in [0.05, 0.1) is 17.6 Å². The van der Waals surface area contributed by atoms with Gasteiger partial charge in [-0.2, -0.15) is 4.98 Å². The summed E-state index contributed by atoms with van der Waals surface area (Å²) in [6.07, 6.45) is 3.57. The van der Waals surface area contributed by atoms with Crippen molar-refractivity contribution in [2.75, 3.05) is 53.6 Å². The number of nitrogens with zero attached hydrogens (tertiary/aromatic N) is 5. The standard InChI is InChI=1S/C25H30N8O2.CH2O2/c1-16(2)32-8-10-33(11-9-32)22-7-5-19(14-26-22)29-25-27-13-17(3)24(31-25)28-18-4-6-21-20(12-18)30-23(34)15-35-21;2-1-3/h4-7,12-14,16H,8-11,15H2,1-3H3,(H,30,34)(H2,27,28,29,31);1H,(H,2,3). The number of rotatable bonds is 6. The SMILES string of the molecule is Cc1cnc(Nc2ccc(N3CCN(C(C)C)CC3)nc2)nc1Nc1ccc2c(c1)NC(=O)CO2.O=CO. The van der Waals surface area contributed by atoms with Crippen LogP contribution < -0.4 is 25.6 Å². The van der Waals surface area contributed by atoms with Gasteiger partial charge in [0.2, 0.25) is 5.95 Å². The van der Waals surface area contributed by atoms with Gasteiger partial charge in [0.15, 0.2) is 6.61 Å². The van der Waals surface area contributed by atoms with Crippen molar-refractivity contribution in [3.05, 3.63) is 48.3 Å². The van der Waals surface area contributed by atoms with Crippen LogP contribution in [0.3, 0.4) is 0 Å². The number of ether oxygens (including phenoxy) is 1. The number of fused-ring (bicyclic) bond motifs is 1. The van der Waals surface area contributed by atoms with Gasteiger partial charge in [0.25, 0.3) is 12.4 Å². The Kier molecular flexibility index (Phi) is 8.54. The summed E-state index contributed by atoms with van der Waals surface area (Å²) >= 11 is 0. The van der Waals surface area contributed by atoms with Gasteiger partial charge in [-0.25, -0.2) is 9.97 Å². The molecule has 0 atom stereocenters. The molecule has 0 aliphatic carbocycles. The second-order valence-electron chi connectivity index (χ2n) is 9.15. The third kappa shape index (κ3) is 6.65. The fraction of sp³-hybridized carbons (Fsp3) is 0.346. The van der Waals surface area contributed by atoms with E-state index in [0.29, 0.717) is 29.2 Å². The quantitative estimate of drug-likeness (QED) is 0.356. The van der Waals surface area contributed by atoms with E-state index in [4.69, 9.17) is 14.6 Å². The molecule has 200 valence electrons. The Morgan fingerprint density at radius 3 is 2.47 bits per heavy atom. The highest BCUT2D eigenvalue weighted by molar-refractivity contribution is 5.96. The van der Waals surface area contributed by atoms with Gasteiger partial charge in [-0.1, -0.05) is 0 Å². The molecule has 12 heteroatoms. The Bertz CT molecular complexity index is 1260.